The van der Waals surface area contributed by atoms with Crippen molar-refractivity contribution in [1.29, 1.82) is 0 Å². The minimum absolute atomic E-state index is 0.158. The van der Waals surface area contributed by atoms with E-state index in [0.717, 1.165) is 0 Å². The number of carbonyl (C=O) groups is 2. The Labute approximate surface area is 69.4 Å². The fraction of sp³-hybridized carbons (Fsp3) is 0.111. The highest BCUT2D eigenvalue weighted by Crippen LogP contribution is 2.06. The summed E-state index contributed by atoms with van der Waals surface area (Å²) < 4.78 is 4.86. The van der Waals surface area contributed by atoms with Crippen LogP contribution in [0.4, 0.5) is 0 Å². The van der Waals surface area contributed by atoms with Crippen LogP contribution in [-0.4, -0.2) is 12.1 Å². The Morgan fingerprint density at radius 2 is 2.42 bits per heavy atom. The van der Waals surface area contributed by atoms with Crippen LogP contribution in [0.1, 0.15) is 23.0 Å². The largest absolute Gasteiger partial charge is 0.460 e. The number of hydrogen-bond acceptors (Lipinski definition) is 3. The van der Waals surface area contributed by atoms with Crippen LogP contribution in [0.5, 0.6) is 0 Å². The first-order valence-corrected chi connectivity index (χ1v) is 3.28. The van der Waals surface area contributed by atoms with E-state index in [1.165, 1.54) is 19.3 Å². The van der Waals surface area contributed by atoms with E-state index >= 15 is 0 Å². The molecule has 1 rings (SSSR count). The third-order valence-corrected chi connectivity index (χ3v) is 1.22. The second-order valence-electron chi connectivity index (χ2n) is 2.14. The van der Waals surface area contributed by atoms with E-state index in [0.29, 0.717) is 11.8 Å². The van der Waals surface area contributed by atoms with Gasteiger partial charge in [-0.15, -0.1) is 0 Å². The number of ketones is 1. The van der Waals surface area contributed by atoms with E-state index < -0.39 is 0 Å². The maximum atomic E-state index is 10.7. The highest BCUT2D eigenvalue weighted by molar-refractivity contribution is 5.91. The molecule has 0 spiro atoms. The Morgan fingerprint density at radius 1 is 1.67 bits per heavy atom. The highest BCUT2D eigenvalue weighted by atomic mass is 16.3. The minimum atomic E-state index is -0.158. The average Bonchev–Trinajstić information content (AvgIpc) is 2.48. The molecular weight excluding hydrogens is 156 g/mol. The van der Waals surface area contributed by atoms with E-state index in [4.69, 9.17) is 4.42 Å². The van der Waals surface area contributed by atoms with Gasteiger partial charge < -0.3 is 4.42 Å². The maximum absolute atomic E-state index is 10.7. The zero-order valence-electron chi connectivity index (χ0n) is 6.46. The van der Waals surface area contributed by atoms with Crippen LogP contribution in [0.15, 0.2) is 16.7 Å². The normalized spacial score (nSPS) is 8.42. The summed E-state index contributed by atoms with van der Waals surface area (Å²) in [4.78, 5) is 20.6. The second-order valence-corrected chi connectivity index (χ2v) is 2.14. The molecule has 0 aromatic carbocycles. The molecule has 0 amide bonds. The first-order chi connectivity index (χ1) is 5.74. The topological polar surface area (TPSA) is 47.3 Å². The number of aldehydes is 1. The molecule has 1 aromatic heterocycles. The lowest BCUT2D eigenvalue weighted by molar-refractivity contribution is -0.103. The number of Topliss-reactive ketones (excluding diaryl/α,β-unsaturated/α-hetero) is 1. The van der Waals surface area contributed by atoms with Crippen LogP contribution in [0.2, 0.25) is 0 Å². The molecule has 0 fully saturated rings. The van der Waals surface area contributed by atoms with Crippen molar-refractivity contribution in [2.75, 3.05) is 0 Å². The molecular formula is C9H6O3. The summed E-state index contributed by atoms with van der Waals surface area (Å²) in [5.74, 6) is 4.82. The number of hydrogen-bond donors (Lipinski definition) is 0. The van der Waals surface area contributed by atoms with Crippen molar-refractivity contribution < 1.29 is 14.0 Å². The van der Waals surface area contributed by atoms with Gasteiger partial charge in [0.25, 0.3) is 0 Å². The van der Waals surface area contributed by atoms with Gasteiger partial charge in [0.1, 0.15) is 6.26 Å². The van der Waals surface area contributed by atoms with Crippen molar-refractivity contribution in [1.82, 2.24) is 0 Å². The second kappa shape index (κ2) is 3.54. The zero-order valence-corrected chi connectivity index (χ0v) is 6.46. The summed E-state index contributed by atoms with van der Waals surface area (Å²) in [6.07, 6.45) is 1.83. The summed E-state index contributed by atoms with van der Waals surface area (Å²) in [5, 5.41) is 0. The highest BCUT2D eigenvalue weighted by Gasteiger charge is 2.03. The monoisotopic (exact) mass is 162 g/mol. The van der Waals surface area contributed by atoms with Crippen molar-refractivity contribution in [2.24, 2.45) is 0 Å². The first kappa shape index (κ1) is 8.28. The molecule has 1 aromatic rings. The number of carbonyl (C=O) groups excluding carboxylic acids is 2. The van der Waals surface area contributed by atoms with Gasteiger partial charge in [-0.3, -0.25) is 9.59 Å². The lowest BCUT2D eigenvalue weighted by atomic mass is 10.3. The molecule has 0 aliphatic carbocycles. The van der Waals surface area contributed by atoms with Crippen LogP contribution in [0.25, 0.3) is 0 Å². The van der Waals surface area contributed by atoms with Crippen molar-refractivity contribution in [3.8, 4) is 11.8 Å². The quantitative estimate of drug-likeness (QED) is 0.352. The van der Waals surface area contributed by atoms with E-state index in [2.05, 4.69) is 11.8 Å². The summed E-state index contributed by atoms with van der Waals surface area (Å²) in [6, 6.07) is 1.50. The molecule has 0 atom stereocenters. The molecule has 0 radical (unpaired) electrons. The Kier molecular flexibility index (Phi) is 2.44. The lowest BCUT2D eigenvalue weighted by Gasteiger charge is -1.80. The van der Waals surface area contributed by atoms with Crippen molar-refractivity contribution in [2.45, 2.75) is 6.92 Å². The third-order valence-electron chi connectivity index (χ3n) is 1.22. The van der Waals surface area contributed by atoms with Gasteiger partial charge in [-0.2, -0.15) is 0 Å². The predicted molar refractivity (Wildman–Crippen MR) is 41.7 cm³/mol. The SMILES string of the molecule is CC(=O)c1cc(C#CC=O)co1. The van der Waals surface area contributed by atoms with Gasteiger partial charge in [-0.1, -0.05) is 5.92 Å². The van der Waals surface area contributed by atoms with Gasteiger partial charge in [-0.25, -0.2) is 0 Å². The molecule has 0 aliphatic rings. The molecule has 0 N–H and O–H groups in total. The standard InChI is InChI=1S/C9H6O3/c1-7(11)9-5-8(6-12-9)3-2-4-10/h4-6H,1H3. The summed E-state index contributed by atoms with van der Waals surface area (Å²) in [6.45, 7) is 1.40. The van der Waals surface area contributed by atoms with Crippen LogP contribution < -0.4 is 0 Å². The molecule has 0 saturated carbocycles. The summed E-state index contributed by atoms with van der Waals surface area (Å²) >= 11 is 0. The number of rotatable bonds is 1. The predicted octanol–water partition coefficient (Wildman–Crippen LogP) is 1.03. The maximum Gasteiger partial charge on any atom is 0.194 e. The van der Waals surface area contributed by atoms with Crippen molar-refractivity contribution in [3.63, 3.8) is 0 Å². The fourth-order valence-electron chi connectivity index (χ4n) is 0.699. The lowest BCUT2D eigenvalue weighted by Crippen LogP contribution is -1.85. The fourth-order valence-corrected chi connectivity index (χ4v) is 0.699. The van der Waals surface area contributed by atoms with Gasteiger partial charge in [0.05, 0.1) is 5.56 Å². The van der Waals surface area contributed by atoms with Crippen LogP contribution in [0.3, 0.4) is 0 Å². The average molecular weight is 162 g/mol. The summed E-state index contributed by atoms with van der Waals surface area (Å²) in [7, 11) is 0. The Morgan fingerprint density at radius 3 is 2.92 bits per heavy atom. The van der Waals surface area contributed by atoms with Gasteiger partial charge in [-0.05, 0) is 5.92 Å². The molecule has 3 heteroatoms. The third kappa shape index (κ3) is 1.83. The zero-order chi connectivity index (χ0) is 8.97. The van der Waals surface area contributed by atoms with E-state index in [1.807, 2.05) is 0 Å². The van der Waals surface area contributed by atoms with Crippen molar-refractivity contribution >= 4 is 12.1 Å². The first-order valence-electron chi connectivity index (χ1n) is 3.28. The minimum Gasteiger partial charge on any atom is -0.460 e. The van der Waals surface area contributed by atoms with Gasteiger partial charge in [0.15, 0.2) is 17.8 Å². The number of furan rings is 1. The Bertz CT molecular complexity index is 363. The van der Waals surface area contributed by atoms with Gasteiger partial charge >= 0.3 is 0 Å². The molecule has 60 valence electrons. The molecule has 0 saturated heterocycles. The van der Waals surface area contributed by atoms with Gasteiger partial charge in [0.2, 0.25) is 0 Å². The molecule has 0 unspecified atom stereocenters. The van der Waals surface area contributed by atoms with Crippen LogP contribution in [0, 0.1) is 11.8 Å². The van der Waals surface area contributed by atoms with E-state index in [9.17, 15) is 9.59 Å². The molecule has 12 heavy (non-hydrogen) atoms. The molecule has 3 nitrogen and oxygen atoms in total. The van der Waals surface area contributed by atoms with Crippen LogP contribution in [-0.2, 0) is 4.79 Å². The molecule has 0 bridgehead atoms. The van der Waals surface area contributed by atoms with Gasteiger partial charge in [0, 0.05) is 13.0 Å². The Hall–Kier alpha value is -1.82. The molecule has 1 heterocycles. The van der Waals surface area contributed by atoms with Crippen molar-refractivity contribution in [3.05, 3.63) is 23.7 Å². The molecule has 0 aliphatic heterocycles. The smallest absolute Gasteiger partial charge is 0.194 e. The van der Waals surface area contributed by atoms with E-state index in [-0.39, 0.29) is 11.5 Å². The van der Waals surface area contributed by atoms with E-state index in [1.54, 1.807) is 0 Å². The van der Waals surface area contributed by atoms with Crippen LogP contribution >= 0.6 is 0 Å². The summed E-state index contributed by atoms with van der Waals surface area (Å²) in [5.41, 5.74) is 0.535. The Balaban J connectivity index is 2.91.